The average Bonchev–Trinajstić information content (AvgIpc) is 2.95. The normalized spacial score (nSPS) is 15.9. The number of anilines is 1. The number of ether oxygens (including phenoxy) is 2. The lowest BCUT2D eigenvalue weighted by atomic mass is 10.1. The fourth-order valence-electron chi connectivity index (χ4n) is 2.69. The van der Waals surface area contributed by atoms with Crippen molar-refractivity contribution < 1.29 is 32.5 Å². The Labute approximate surface area is 168 Å². The van der Waals surface area contributed by atoms with Gasteiger partial charge in [0.15, 0.2) is 16.7 Å². The van der Waals surface area contributed by atoms with Crippen LogP contribution in [0.2, 0.25) is 0 Å². The second-order valence-electron chi connectivity index (χ2n) is 5.88. The van der Waals surface area contributed by atoms with E-state index in [1.807, 2.05) is 0 Å². The highest BCUT2D eigenvalue weighted by Crippen LogP contribution is 2.41. The van der Waals surface area contributed by atoms with E-state index >= 15 is 0 Å². The third kappa shape index (κ3) is 4.02. The van der Waals surface area contributed by atoms with E-state index in [0.717, 1.165) is 28.8 Å². The van der Waals surface area contributed by atoms with Crippen molar-refractivity contribution in [1.82, 2.24) is 0 Å². The Morgan fingerprint density at radius 2 is 1.76 bits per heavy atom. The van der Waals surface area contributed by atoms with Gasteiger partial charge in [0, 0.05) is 0 Å². The number of halogens is 3. The lowest BCUT2D eigenvalue weighted by Crippen LogP contribution is -2.28. The minimum Gasteiger partial charge on any atom is -0.502 e. The molecule has 1 heterocycles. The topological polar surface area (TPSA) is 82.9 Å². The van der Waals surface area contributed by atoms with Crippen LogP contribution in [0.25, 0.3) is 6.08 Å². The average molecular weight is 424 g/mol. The maximum Gasteiger partial charge on any atom is 0.416 e. The highest BCUT2D eigenvalue weighted by Gasteiger charge is 2.36. The number of aromatic hydroxyl groups is 1. The summed E-state index contributed by atoms with van der Waals surface area (Å²) in [4.78, 5) is 13.8. The molecule has 1 aliphatic heterocycles. The smallest absolute Gasteiger partial charge is 0.416 e. The summed E-state index contributed by atoms with van der Waals surface area (Å²) in [5, 5.41) is 17.8. The molecule has 29 heavy (non-hydrogen) atoms. The highest BCUT2D eigenvalue weighted by atomic mass is 32.2. The molecule has 2 aromatic carbocycles. The minimum absolute atomic E-state index is 0.0495. The molecule has 0 spiro atoms. The summed E-state index contributed by atoms with van der Waals surface area (Å²) >= 11 is 0.811. The fourth-order valence-corrected chi connectivity index (χ4v) is 3.55. The van der Waals surface area contributed by atoms with Gasteiger partial charge in [-0.25, -0.2) is 0 Å². The summed E-state index contributed by atoms with van der Waals surface area (Å²) in [6.45, 7) is 0. The number of nitrogens with one attached hydrogen (secondary N) is 1. The molecule has 0 aliphatic carbocycles. The van der Waals surface area contributed by atoms with Gasteiger partial charge in [0.05, 0.1) is 30.4 Å². The first kappa shape index (κ1) is 20.6. The number of hydrogen-bond acceptors (Lipinski definition) is 6. The number of thioether (sulfide) groups is 1. The van der Waals surface area contributed by atoms with Crippen LogP contribution in [0.4, 0.5) is 18.9 Å². The van der Waals surface area contributed by atoms with Crippen molar-refractivity contribution in [3.63, 3.8) is 0 Å². The van der Waals surface area contributed by atoms with Gasteiger partial charge in [-0.05, 0) is 53.7 Å². The molecule has 1 fully saturated rings. The third-order valence-corrected chi connectivity index (χ3v) is 4.94. The number of phenolic OH excluding ortho intramolecular Hbond substituents is 1. The van der Waals surface area contributed by atoms with Crippen LogP contribution in [0.15, 0.2) is 41.3 Å². The van der Waals surface area contributed by atoms with Crippen molar-refractivity contribution in [2.45, 2.75) is 6.18 Å². The van der Waals surface area contributed by atoms with Crippen LogP contribution in [0, 0.1) is 5.41 Å². The summed E-state index contributed by atoms with van der Waals surface area (Å²) in [6.07, 6.45) is -3.12. The number of rotatable bonds is 4. The van der Waals surface area contributed by atoms with E-state index < -0.39 is 17.6 Å². The zero-order valence-electron chi connectivity index (χ0n) is 15.2. The van der Waals surface area contributed by atoms with Crippen LogP contribution >= 0.6 is 11.8 Å². The maximum atomic E-state index is 13.0. The van der Waals surface area contributed by atoms with E-state index in [-0.39, 0.29) is 33.0 Å². The number of methoxy groups -OCH3 is 2. The molecule has 0 radical (unpaired) electrons. The second kappa shape index (κ2) is 7.70. The van der Waals surface area contributed by atoms with Crippen molar-refractivity contribution >= 4 is 34.6 Å². The predicted octanol–water partition coefficient (Wildman–Crippen LogP) is 4.48. The summed E-state index contributed by atoms with van der Waals surface area (Å²) in [6, 6.07) is 7.16. The number of hydrogen-bond donors (Lipinski definition) is 2. The quantitative estimate of drug-likeness (QED) is 0.707. The predicted molar refractivity (Wildman–Crippen MR) is 103 cm³/mol. The first-order valence-corrected chi connectivity index (χ1v) is 8.92. The van der Waals surface area contributed by atoms with Crippen molar-refractivity contribution in [3.05, 3.63) is 52.4 Å². The molecule has 10 heteroatoms. The molecule has 0 bridgehead atoms. The van der Waals surface area contributed by atoms with E-state index in [1.54, 1.807) is 0 Å². The summed E-state index contributed by atoms with van der Waals surface area (Å²) in [7, 11) is 2.71. The van der Waals surface area contributed by atoms with Gasteiger partial charge in [0.1, 0.15) is 0 Å². The largest absolute Gasteiger partial charge is 0.502 e. The van der Waals surface area contributed by atoms with Gasteiger partial charge in [0.25, 0.3) is 5.91 Å². The molecule has 0 saturated carbocycles. The zero-order valence-corrected chi connectivity index (χ0v) is 16.0. The van der Waals surface area contributed by atoms with E-state index in [0.29, 0.717) is 5.56 Å². The number of carbonyl (C=O) groups is 1. The molecular formula is C19H15F3N2O4S. The standard InChI is InChI=1S/C19H15F3N2O4S/c1-27-13-6-10(7-14(28-2)16(13)25)8-15-17(26)24(18(23)29-15)12-5-3-4-11(9-12)19(20,21)22/h3-9,23,25H,1-2H3/b15-8-,23-18?. The first-order valence-electron chi connectivity index (χ1n) is 8.10. The number of alkyl halides is 3. The van der Waals surface area contributed by atoms with Gasteiger partial charge in [0.2, 0.25) is 5.75 Å². The van der Waals surface area contributed by atoms with Crippen molar-refractivity contribution in [2.24, 2.45) is 0 Å². The molecule has 1 amide bonds. The Kier molecular flexibility index (Phi) is 5.47. The molecule has 0 atom stereocenters. The van der Waals surface area contributed by atoms with Crippen LogP contribution in [-0.4, -0.2) is 30.4 Å². The van der Waals surface area contributed by atoms with Crippen molar-refractivity contribution in [2.75, 3.05) is 19.1 Å². The molecule has 1 aliphatic rings. The minimum atomic E-state index is -4.56. The Bertz CT molecular complexity index is 996. The van der Waals surface area contributed by atoms with Crippen molar-refractivity contribution in [1.29, 1.82) is 5.41 Å². The molecular weight excluding hydrogens is 409 g/mol. The number of phenols is 1. The number of benzene rings is 2. The monoisotopic (exact) mass is 424 g/mol. The van der Waals surface area contributed by atoms with Gasteiger partial charge < -0.3 is 14.6 Å². The van der Waals surface area contributed by atoms with Crippen LogP contribution in [0.3, 0.4) is 0 Å². The van der Waals surface area contributed by atoms with Gasteiger partial charge in [-0.3, -0.25) is 15.1 Å². The van der Waals surface area contributed by atoms with Gasteiger partial charge in [-0.15, -0.1) is 0 Å². The summed E-state index contributed by atoms with van der Waals surface area (Å²) in [5.41, 5.74) is -0.510. The van der Waals surface area contributed by atoms with Gasteiger partial charge >= 0.3 is 6.18 Å². The second-order valence-corrected chi connectivity index (χ2v) is 6.91. The Hall–Kier alpha value is -3.14. The van der Waals surface area contributed by atoms with E-state index in [9.17, 15) is 23.1 Å². The van der Waals surface area contributed by atoms with Crippen molar-refractivity contribution in [3.8, 4) is 17.2 Å². The summed E-state index contributed by atoms with van der Waals surface area (Å²) in [5.74, 6) is -0.598. The molecule has 6 nitrogen and oxygen atoms in total. The third-order valence-electron chi connectivity index (χ3n) is 4.06. The van der Waals surface area contributed by atoms with Gasteiger partial charge in [-0.1, -0.05) is 6.07 Å². The Balaban J connectivity index is 1.98. The Morgan fingerprint density at radius 3 is 2.31 bits per heavy atom. The molecule has 0 aromatic heterocycles. The van der Waals surface area contributed by atoms with E-state index in [2.05, 4.69) is 0 Å². The molecule has 3 rings (SSSR count). The van der Waals surface area contributed by atoms with E-state index in [1.165, 1.54) is 44.6 Å². The lowest BCUT2D eigenvalue weighted by Gasteiger charge is -2.16. The Morgan fingerprint density at radius 1 is 1.14 bits per heavy atom. The maximum absolute atomic E-state index is 13.0. The lowest BCUT2D eigenvalue weighted by molar-refractivity contribution is -0.137. The van der Waals surface area contributed by atoms with Crippen LogP contribution < -0.4 is 14.4 Å². The zero-order chi connectivity index (χ0) is 21.3. The van der Waals surface area contributed by atoms with Gasteiger partial charge in [-0.2, -0.15) is 13.2 Å². The van der Waals surface area contributed by atoms with Crippen LogP contribution in [0.1, 0.15) is 11.1 Å². The molecule has 0 unspecified atom stereocenters. The first-order chi connectivity index (χ1) is 13.7. The molecule has 2 N–H and O–H groups in total. The molecule has 152 valence electrons. The number of carbonyl (C=O) groups excluding carboxylic acids is 1. The molecule has 1 saturated heterocycles. The van der Waals surface area contributed by atoms with Crippen LogP contribution in [0.5, 0.6) is 17.2 Å². The molecule has 2 aromatic rings. The number of amides is 1. The summed E-state index contributed by atoms with van der Waals surface area (Å²) < 4.78 is 49.0. The number of nitrogens with zero attached hydrogens (tertiary/aromatic N) is 1. The van der Waals surface area contributed by atoms with E-state index in [4.69, 9.17) is 14.9 Å². The SMILES string of the molecule is COc1cc(/C=C2\SC(=N)N(c3cccc(C(F)(F)F)c3)C2=O)cc(OC)c1O. The fraction of sp³-hybridized carbons (Fsp3) is 0.158. The van der Waals surface area contributed by atoms with Crippen LogP contribution in [-0.2, 0) is 11.0 Å². The number of amidine groups is 1. The highest BCUT2D eigenvalue weighted by molar-refractivity contribution is 8.19.